The van der Waals surface area contributed by atoms with Crippen molar-refractivity contribution < 1.29 is 14.3 Å². The highest BCUT2D eigenvalue weighted by atomic mass is 16.5. The second-order valence-corrected chi connectivity index (χ2v) is 9.21. The summed E-state index contributed by atoms with van der Waals surface area (Å²) in [6.45, 7) is 23.6. The highest BCUT2D eigenvalue weighted by Crippen LogP contribution is 2.23. The quantitative estimate of drug-likeness (QED) is 0.401. The third-order valence-electron chi connectivity index (χ3n) is 4.64. The lowest BCUT2D eigenvalue weighted by Gasteiger charge is -2.40. The summed E-state index contributed by atoms with van der Waals surface area (Å²) in [7, 11) is 1.71. The van der Waals surface area contributed by atoms with Crippen molar-refractivity contribution in [3.05, 3.63) is 0 Å². The third kappa shape index (κ3) is 12.5. The van der Waals surface area contributed by atoms with Crippen LogP contribution in [0.1, 0.15) is 88.5 Å². The molecule has 0 saturated carbocycles. The average Bonchev–Trinajstić information content (AvgIpc) is 2.55. The lowest BCUT2D eigenvalue weighted by molar-refractivity contribution is -0.143. The maximum Gasteiger partial charge on any atom is 0.225 e. The van der Waals surface area contributed by atoms with E-state index in [4.69, 9.17) is 9.47 Å². The first-order valence-electron chi connectivity index (χ1n) is 10.8. The van der Waals surface area contributed by atoms with E-state index in [1.165, 1.54) is 6.42 Å². The van der Waals surface area contributed by atoms with E-state index in [0.29, 0.717) is 32.3 Å². The van der Waals surface area contributed by atoms with Crippen molar-refractivity contribution in [1.29, 1.82) is 0 Å². The number of likely N-dealkylation sites (N-methyl/N-ethyl adjacent to an activating group) is 1. The number of rotatable bonds is 13. The van der Waals surface area contributed by atoms with E-state index >= 15 is 0 Å². The van der Waals surface area contributed by atoms with Crippen LogP contribution in [0, 0.1) is 17.3 Å². The van der Waals surface area contributed by atoms with Crippen LogP contribution in [0.4, 0.5) is 0 Å². The lowest BCUT2D eigenvalue weighted by Crippen LogP contribution is -2.52. The van der Waals surface area contributed by atoms with Gasteiger partial charge in [0.25, 0.3) is 0 Å². The van der Waals surface area contributed by atoms with Crippen molar-refractivity contribution in [3.63, 3.8) is 0 Å². The molecular weight excluding hydrogens is 338 g/mol. The fourth-order valence-corrected chi connectivity index (χ4v) is 3.19. The number of nitrogens with zero attached hydrogens (tertiary/aromatic N) is 1. The zero-order chi connectivity index (χ0) is 21.7. The molecular formula is C23H49NO3. The minimum Gasteiger partial charge on any atom is -0.384 e. The minimum absolute atomic E-state index is 0.0178. The Morgan fingerprint density at radius 1 is 0.963 bits per heavy atom. The minimum atomic E-state index is -0.304. The van der Waals surface area contributed by atoms with Crippen molar-refractivity contribution in [1.82, 2.24) is 4.90 Å². The molecule has 0 aromatic rings. The van der Waals surface area contributed by atoms with Crippen LogP contribution in [-0.4, -0.2) is 49.8 Å². The van der Waals surface area contributed by atoms with Crippen molar-refractivity contribution in [2.24, 2.45) is 17.3 Å². The first-order chi connectivity index (χ1) is 12.5. The van der Waals surface area contributed by atoms with Gasteiger partial charge in [-0.3, -0.25) is 4.79 Å². The van der Waals surface area contributed by atoms with Crippen LogP contribution in [0.3, 0.4) is 0 Å². The molecule has 164 valence electrons. The van der Waals surface area contributed by atoms with Crippen LogP contribution in [0.2, 0.25) is 0 Å². The molecule has 0 aromatic heterocycles. The molecule has 4 nitrogen and oxygen atoms in total. The van der Waals surface area contributed by atoms with Crippen molar-refractivity contribution in [3.8, 4) is 0 Å². The first kappa shape index (κ1) is 28.6. The highest BCUT2D eigenvalue weighted by molar-refractivity contribution is 5.79. The van der Waals surface area contributed by atoms with Crippen LogP contribution < -0.4 is 0 Å². The molecule has 0 heterocycles. The van der Waals surface area contributed by atoms with Gasteiger partial charge in [0, 0.05) is 25.0 Å². The molecule has 0 aliphatic carbocycles. The van der Waals surface area contributed by atoms with Gasteiger partial charge in [-0.1, -0.05) is 61.3 Å². The molecule has 0 N–H and O–H groups in total. The monoisotopic (exact) mass is 387 g/mol. The Morgan fingerprint density at radius 3 is 1.96 bits per heavy atom. The molecule has 0 spiro atoms. The highest BCUT2D eigenvalue weighted by Gasteiger charge is 2.33. The SMILES string of the molecule is CC.CCN(C(=O)C(C)CCCC(C)C)C(C)(C)COCC(C)(C)COC. The van der Waals surface area contributed by atoms with E-state index in [9.17, 15) is 4.79 Å². The molecule has 1 atom stereocenters. The summed E-state index contributed by atoms with van der Waals surface area (Å²) in [4.78, 5) is 14.9. The van der Waals surface area contributed by atoms with Crippen LogP contribution in [0.15, 0.2) is 0 Å². The second kappa shape index (κ2) is 14.4. The Bertz CT molecular complexity index is 378. The molecule has 0 rings (SSSR count). The number of methoxy groups -OCH3 is 1. The van der Waals surface area contributed by atoms with Crippen LogP contribution in [0.25, 0.3) is 0 Å². The van der Waals surface area contributed by atoms with Gasteiger partial charge >= 0.3 is 0 Å². The maximum atomic E-state index is 12.9. The van der Waals surface area contributed by atoms with Gasteiger partial charge in [0.2, 0.25) is 5.91 Å². The van der Waals surface area contributed by atoms with E-state index in [0.717, 1.165) is 12.8 Å². The maximum absolute atomic E-state index is 12.9. The van der Waals surface area contributed by atoms with Gasteiger partial charge in [-0.2, -0.15) is 0 Å². The number of carbonyl (C=O) groups excluding carboxylic acids is 1. The predicted octanol–water partition coefficient (Wildman–Crippen LogP) is 5.79. The van der Waals surface area contributed by atoms with Crippen molar-refractivity contribution >= 4 is 5.91 Å². The Labute approximate surface area is 170 Å². The van der Waals surface area contributed by atoms with Crippen LogP contribution in [0.5, 0.6) is 0 Å². The second-order valence-electron chi connectivity index (χ2n) is 9.21. The summed E-state index contributed by atoms with van der Waals surface area (Å²) >= 11 is 0. The predicted molar refractivity (Wildman–Crippen MR) is 117 cm³/mol. The van der Waals surface area contributed by atoms with E-state index in [2.05, 4.69) is 55.4 Å². The van der Waals surface area contributed by atoms with E-state index in [1.807, 2.05) is 18.7 Å². The fraction of sp³-hybridized carbons (Fsp3) is 0.957. The fourth-order valence-electron chi connectivity index (χ4n) is 3.19. The number of carbonyl (C=O) groups is 1. The van der Waals surface area contributed by atoms with Gasteiger partial charge in [0.1, 0.15) is 0 Å². The molecule has 27 heavy (non-hydrogen) atoms. The number of ether oxygens (including phenoxy) is 2. The zero-order valence-corrected chi connectivity index (χ0v) is 20.3. The van der Waals surface area contributed by atoms with Crippen molar-refractivity contribution in [2.45, 2.75) is 94.0 Å². The summed E-state index contributed by atoms with van der Waals surface area (Å²) in [6, 6.07) is 0. The normalized spacial score (nSPS) is 13.2. The summed E-state index contributed by atoms with van der Waals surface area (Å²) in [5, 5.41) is 0. The van der Waals surface area contributed by atoms with Gasteiger partial charge in [0.05, 0.1) is 25.4 Å². The Kier molecular flexibility index (Phi) is 15.2. The summed E-state index contributed by atoms with van der Waals surface area (Å²) in [6.07, 6.45) is 3.26. The zero-order valence-electron chi connectivity index (χ0n) is 20.3. The Hall–Kier alpha value is -0.610. The molecule has 0 aliphatic rings. The summed E-state index contributed by atoms with van der Waals surface area (Å²) in [5.41, 5.74) is -0.322. The standard InChI is InChI=1S/C21H43NO3.C2H6/c1-10-22(19(23)18(4)13-11-12-17(2)3)21(7,8)16-25-15-20(5,6)14-24-9;1-2/h17-18H,10-16H2,1-9H3;1-2H3. The molecule has 0 aromatic carbocycles. The van der Waals surface area contributed by atoms with E-state index < -0.39 is 0 Å². The molecule has 0 fully saturated rings. The molecule has 0 saturated heterocycles. The molecule has 1 amide bonds. The molecule has 0 bridgehead atoms. The Balaban J connectivity index is 0. The van der Waals surface area contributed by atoms with E-state index in [1.54, 1.807) is 7.11 Å². The van der Waals surface area contributed by atoms with Gasteiger partial charge < -0.3 is 14.4 Å². The van der Waals surface area contributed by atoms with Gasteiger partial charge in [-0.25, -0.2) is 0 Å². The summed E-state index contributed by atoms with van der Waals surface area (Å²) < 4.78 is 11.2. The Morgan fingerprint density at radius 2 is 1.52 bits per heavy atom. The van der Waals surface area contributed by atoms with Crippen LogP contribution >= 0.6 is 0 Å². The van der Waals surface area contributed by atoms with Gasteiger partial charge in [0.15, 0.2) is 0 Å². The number of hydrogen-bond acceptors (Lipinski definition) is 3. The third-order valence-corrected chi connectivity index (χ3v) is 4.64. The van der Waals surface area contributed by atoms with Crippen LogP contribution in [-0.2, 0) is 14.3 Å². The molecule has 0 aliphatic heterocycles. The first-order valence-corrected chi connectivity index (χ1v) is 10.8. The van der Waals surface area contributed by atoms with E-state index in [-0.39, 0.29) is 22.8 Å². The topological polar surface area (TPSA) is 38.8 Å². The number of amides is 1. The molecule has 4 heteroatoms. The molecule has 0 radical (unpaired) electrons. The summed E-state index contributed by atoms with van der Waals surface area (Å²) in [5.74, 6) is 1.02. The lowest BCUT2D eigenvalue weighted by atomic mass is 9.95. The largest absolute Gasteiger partial charge is 0.384 e. The van der Waals surface area contributed by atoms with Gasteiger partial charge in [-0.05, 0) is 33.1 Å². The smallest absolute Gasteiger partial charge is 0.225 e. The molecule has 1 unspecified atom stereocenters. The van der Waals surface area contributed by atoms with Gasteiger partial charge in [-0.15, -0.1) is 0 Å². The van der Waals surface area contributed by atoms with Crippen molar-refractivity contribution in [2.75, 3.05) is 33.5 Å². The average molecular weight is 388 g/mol. The number of hydrogen-bond donors (Lipinski definition) is 0.